The molecule has 7 nitrogen and oxygen atoms in total. The molecule has 1 fully saturated rings. The van der Waals surface area contributed by atoms with Crippen LogP contribution in [-0.2, 0) is 20.1 Å². The maximum absolute atomic E-state index is 13.6. The van der Waals surface area contributed by atoms with E-state index in [0.717, 1.165) is 30.2 Å². The predicted octanol–water partition coefficient (Wildman–Crippen LogP) is 3.04. The van der Waals surface area contributed by atoms with Gasteiger partial charge in [0, 0.05) is 26.2 Å². The number of aryl methyl sites for hydroxylation is 2. The number of hydrogen-bond acceptors (Lipinski definition) is 4. The molecule has 3 heterocycles. The van der Waals surface area contributed by atoms with Gasteiger partial charge in [-0.3, -0.25) is 13.9 Å². The molecular formula is C24H31N5O2. The van der Waals surface area contributed by atoms with Crippen LogP contribution in [-0.4, -0.2) is 31.3 Å². The summed E-state index contributed by atoms with van der Waals surface area (Å²) in [4.78, 5) is 34.0. The Labute approximate surface area is 181 Å². The van der Waals surface area contributed by atoms with Gasteiger partial charge in [-0.1, -0.05) is 50.5 Å². The summed E-state index contributed by atoms with van der Waals surface area (Å²) in [7, 11) is 1.73. The molecule has 0 radical (unpaired) electrons. The Balaban J connectivity index is 1.68. The fourth-order valence-electron chi connectivity index (χ4n) is 5.34. The van der Waals surface area contributed by atoms with Crippen LogP contribution in [0.4, 0.5) is 5.95 Å². The van der Waals surface area contributed by atoms with Crippen LogP contribution in [0.2, 0.25) is 0 Å². The normalized spacial score (nSPS) is 19.7. The lowest BCUT2D eigenvalue weighted by Gasteiger charge is -2.40. The zero-order valence-electron chi connectivity index (χ0n) is 18.7. The molecule has 1 unspecified atom stereocenters. The Morgan fingerprint density at radius 2 is 1.81 bits per heavy atom. The van der Waals surface area contributed by atoms with Gasteiger partial charge in [0.1, 0.15) is 0 Å². The minimum Gasteiger partial charge on any atom is -0.339 e. The van der Waals surface area contributed by atoms with Gasteiger partial charge in [-0.25, -0.2) is 4.79 Å². The van der Waals surface area contributed by atoms with Gasteiger partial charge in [0.15, 0.2) is 11.2 Å². The number of fused-ring (bicyclic) bond motifs is 3. The highest BCUT2D eigenvalue weighted by atomic mass is 16.2. The first kappa shape index (κ1) is 20.1. The molecule has 1 atom stereocenters. The predicted molar refractivity (Wildman–Crippen MR) is 123 cm³/mol. The molecule has 0 saturated heterocycles. The molecule has 0 spiro atoms. The summed E-state index contributed by atoms with van der Waals surface area (Å²) in [5, 5.41) is 0. The van der Waals surface area contributed by atoms with E-state index in [4.69, 9.17) is 4.98 Å². The number of hydrogen-bond donors (Lipinski definition) is 0. The summed E-state index contributed by atoms with van der Waals surface area (Å²) >= 11 is 0. The quantitative estimate of drug-likeness (QED) is 0.652. The maximum Gasteiger partial charge on any atom is 0.332 e. The Morgan fingerprint density at radius 3 is 2.55 bits per heavy atom. The lowest BCUT2D eigenvalue weighted by molar-refractivity contribution is 0.354. The molecule has 0 amide bonds. The topological polar surface area (TPSA) is 65.1 Å². The number of anilines is 1. The number of aromatic nitrogens is 4. The monoisotopic (exact) mass is 421 g/mol. The number of benzene rings is 1. The first-order chi connectivity index (χ1) is 15.0. The second kappa shape index (κ2) is 7.70. The van der Waals surface area contributed by atoms with Crippen molar-refractivity contribution in [2.75, 3.05) is 11.4 Å². The van der Waals surface area contributed by atoms with Crippen LogP contribution in [0.1, 0.15) is 50.2 Å². The second-order valence-corrected chi connectivity index (χ2v) is 9.40. The first-order valence-corrected chi connectivity index (χ1v) is 11.5. The Hall–Kier alpha value is -2.83. The molecule has 1 aromatic carbocycles. The van der Waals surface area contributed by atoms with Crippen LogP contribution in [0.25, 0.3) is 11.2 Å². The average Bonchev–Trinajstić information content (AvgIpc) is 3.16. The van der Waals surface area contributed by atoms with Gasteiger partial charge in [-0.05, 0) is 36.8 Å². The van der Waals surface area contributed by atoms with E-state index >= 15 is 0 Å². The van der Waals surface area contributed by atoms with Crippen LogP contribution in [0.3, 0.4) is 0 Å². The molecule has 0 bridgehead atoms. The van der Waals surface area contributed by atoms with Crippen molar-refractivity contribution in [3.05, 3.63) is 56.2 Å². The van der Waals surface area contributed by atoms with Gasteiger partial charge in [0.2, 0.25) is 5.95 Å². The van der Waals surface area contributed by atoms with Crippen molar-refractivity contribution >= 4 is 17.1 Å². The summed E-state index contributed by atoms with van der Waals surface area (Å²) in [5.41, 5.74) is 2.56. The second-order valence-electron chi connectivity index (χ2n) is 9.40. The van der Waals surface area contributed by atoms with Crippen molar-refractivity contribution in [1.82, 2.24) is 18.7 Å². The Bertz CT molecular complexity index is 1250. The molecule has 1 saturated carbocycles. The van der Waals surface area contributed by atoms with Crippen LogP contribution < -0.4 is 16.1 Å². The molecule has 1 aliphatic carbocycles. The molecule has 3 aromatic rings. The highest BCUT2D eigenvalue weighted by Crippen LogP contribution is 2.33. The van der Waals surface area contributed by atoms with Crippen molar-refractivity contribution in [2.24, 2.45) is 13.0 Å². The molecule has 2 aliphatic rings. The molecule has 31 heavy (non-hydrogen) atoms. The number of imidazole rings is 1. The van der Waals surface area contributed by atoms with Crippen LogP contribution in [0.15, 0.2) is 33.9 Å². The summed E-state index contributed by atoms with van der Waals surface area (Å²) in [6.07, 6.45) is 6.14. The average molecular weight is 422 g/mol. The van der Waals surface area contributed by atoms with E-state index in [9.17, 15) is 9.59 Å². The third-order valence-electron chi connectivity index (χ3n) is 7.08. The Morgan fingerprint density at radius 1 is 1.06 bits per heavy atom. The van der Waals surface area contributed by atoms with Gasteiger partial charge in [0.25, 0.3) is 5.56 Å². The molecule has 1 aliphatic heterocycles. The number of rotatable bonds is 3. The van der Waals surface area contributed by atoms with E-state index in [-0.39, 0.29) is 17.8 Å². The SMILES string of the molecule is Cc1ccccc1Cn1c(=O)c2c(nc3n2CC(C)CN3C2CCCCC2)n(C)c1=O. The third-order valence-corrected chi connectivity index (χ3v) is 7.08. The van der Waals surface area contributed by atoms with E-state index in [1.807, 2.05) is 31.2 Å². The van der Waals surface area contributed by atoms with Crippen molar-refractivity contribution < 1.29 is 0 Å². The lowest BCUT2D eigenvalue weighted by Crippen LogP contribution is -2.45. The Kier molecular flexibility index (Phi) is 4.99. The van der Waals surface area contributed by atoms with Crippen LogP contribution in [0.5, 0.6) is 0 Å². The molecule has 2 aromatic heterocycles. The van der Waals surface area contributed by atoms with E-state index in [1.165, 1.54) is 36.7 Å². The van der Waals surface area contributed by atoms with Gasteiger partial charge in [0.05, 0.1) is 6.54 Å². The summed E-state index contributed by atoms with van der Waals surface area (Å²) in [5.74, 6) is 1.29. The molecular weight excluding hydrogens is 390 g/mol. The highest BCUT2D eigenvalue weighted by Gasteiger charge is 2.33. The standard InChI is InChI=1S/C24H31N5O2/c1-16-13-27(19-11-5-4-6-12-19)23-25-21-20(28(23)14-16)22(30)29(24(31)26(21)3)15-18-10-8-7-9-17(18)2/h7-10,16,19H,4-6,11-15H2,1-3H3. The fraction of sp³-hybridized carbons (Fsp3) is 0.542. The molecule has 164 valence electrons. The van der Waals surface area contributed by atoms with Crippen molar-refractivity contribution in [2.45, 2.75) is 65.1 Å². The van der Waals surface area contributed by atoms with Crippen molar-refractivity contribution in [3.8, 4) is 0 Å². The van der Waals surface area contributed by atoms with Crippen molar-refractivity contribution in [3.63, 3.8) is 0 Å². The van der Waals surface area contributed by atoms with Gasteiger partial charge in [-0.15, -0.1) is 0 Å². The first-order valence-electron chi connectivity index (χ1n) is 11.5. The minimum atomic E-state index is -0.312. The van der Waals surface area contributed by atoms with Crippen LogP contribution in [0, 0.1) is 12.8 Å². The van der Waals surface area contributed by atoms with E-state index in [0.29, 0.717) is 23.1 Å². The van der Waals surface area contributed by atoms with E-state index in [2.05, 4.69) is 16.4 Å². The zero-order chi connectivity index (χ0) is 21.7. The third kappa shape index (κ3) is 3.30. The van der Waals surface area contributed by atoms with E-state index in [1.54, 1.807) is 11.6 Å². The summed E-state index contributed by atoms with van der Waals surface area (Å²) in [6.45, 7) is 6.23. The highest BCUT2D eigenvalue weighted by molar-refractivity contribution is 5.75. The summed E-state index contributed by atoms with van der Waals surface area (Å²) in [6, 6.07) is 8.37. The minimum absolute atomic E-state index is 0.238. The largest absolute Gasteiger partial charge is 0.339 e. The van der Waals surface area contributed by atoms with E-state index < -0.39 is 0 Å². The molecule has 7 heteroatoms. The van der Waals surface area contributed by atoms with Gasteiger partial charge < -0.3 is 9.47 Å². The smallest absolute Gasteiger partial charge is 0.332 e. The summed E-state index contributed by atoms with van der Waals surface area (Å²) < 4.78 is 4.99. The van der Waals surface area contributed by atoms with Gasteiger partial charge in [-0.2, -0.15) is 4.98 Å². The maximum atomic E-state index is 13.6. The fourth-order valence-corrected chi connectivity index (χ4v) is 5.34. The van der Waals surface area contributed by atoms with Gasteiger partial charge >= 0.3 is 5.69 Å². The molecule has 0 N–H and O–H groups in total. The zero-order valence-corrected chi connectivity index (χ0v) is 18.7. The number of nitrogens with zero attached hydrogens (tertiary/aromatic N) is 5. The lowest BCUT2D eigenvalue weighted by atomic mass is 9.93. The van der Waals surface area contributed by atoms with Crippen LogP contribution >= 0.6 is 0 Å². The molecule has 5 rings (SSSR count). The van der Waals surface area contributed by atoms with Crippen molar-refractivity contribution in [1.29, 1.82) is 0 Å².